The molecule has 0 aromatic heterocycles. The van der Waals surface area contributed by atoms with Gasteiger partial charge in [0.15, 0.2) is 10.8 Å². The van der Waals surface area contributed by atoms with E-state index >= 15 is 0 Å². The summed E-state index contributed by atoms with van der Waals surface area (Å²) in [6, 6.07) is 5.39. The Labute approximate surface area is 92.2 Å². The normalized spacial score (nSPS) is 42.2. The first kappa shape index (κ1) is 10.4. The number of hydrogen-bond donors (Lipinski definition) is 2. The molecule has 6 nitrogen and oxygen atoms in total. The molecule has 1 aliphatic heterocycles. The van der Waals surface area contributed by atoms with Crippen molar-refractivity contribution in [2.75, 3.05) is 0 Å². The lowest BCUT2D eigenvalue weighted by Gasteiger charge is -2.26. The molecule has 1 aliphatic carbocycles. The molecule has 0 aromatic rings. The summed E-state index contributed by atoms with van der Waals surface area (Å²) in [6.45, 7) is 1.74. The Morgan fingerprint density at radius 2 is 1.94 bits per heavy atom. The summed E-state index contributed by atoms with van der Waals surface area (Å²) in [4.78, 5) is 11.8. The highest BCUT2D eigenvalue weighted by Crippen LogP contribution is 2.74. The van der Waals surface area contributed by atoms with Crippen LogP contribution >= 0.6 is 0 Å². The molecule has 0 bridgehead atoms. The van der Waals surface area contributed by atoms with Gasteiger partial charge in [-0.3, -0.25) is 4.79 Å². The van der Waals surface area contributed by atoms with Crippen molar-refractivity contribution in [3.05, 3.63) is 0 Å². The van der Waals surface area contributed by atoms with Crippen molar-refractivity contribution in [3.63, 3.8) is 0 Å². The molecule has 0 aromatic carbocycles. The molecule has 1 saturated carbocycles. The smallest absolute Gasteiger partial charge is 0.245 e. The Morgan fingerprint density at radius 3 is 2.25 bits per heavy atom. The van der Waals surface area contributed by atoms with E-state index in [1.807, 2.05) is 6.07 Å². The van der Waals surface area contributed by atoms with E-state index in [4.69, 9.17) is 21.5 Å². The lowest BCUT2D eigenvalue weighted by atomic mass is 9.93. The van der Waals surface area contributed by atoms with E-state index in [9.17, 15) is 4.79 Å². The van der Waals surface area contributed by atoms with Crippen LogP contribution in [0.3, 0.4) is 0 Å². The van der Waals surface area contributed by atoms with Crippen LogP contribution in [0.1, 0.15) is 13.3 Å². The van der Waals surface area contributed by atoms with Crippen molar-refractivity contribution in [1.29, 1.82) is 15.8 Å². The van der Waals surface area contributed by atoms with E-state index in [2.05, 4.69) is 5.32 Å². The lowest BCUT2D eigenvalue weighted by molar-refractivity contribution is -0.124. The van der Waals surface area contributed by atoms with Crippen molar-refractivity contribution in [2.24, 2.45) is 22.5 Å². The van der Waals surface area contributed by atoms with Gasteiger partial charge in [0.1, 0.15) is 0 Å². The molecule has 1 amide bonds. The van der Waals surface area contributed by atoms with Gasteiger partial charge in [-0.1, -0.05) is 6.92 Å². The van der Waals surface area contributed by atoms with Crippen molar-refractivity contribution in [2.45, 2.75) is 19.0 Å². The fraction of sp³-hybridized carbons (Fsp3) is 0.600. The van der Waals surface area contributed by atoms with Crippen LogP contribution in [-0.2, 0) is 4.79 Å². The quantitative estimate of drug-likeness (QED) is 0.601. The van der Waals surface area contributed by atoms with Crippen LogP contribution in [0.5, 0.6) is 0 Å². The van der Waals surface area contributed by atoms with Gasteiger partial charge in [0.2, 0.25) is 5.91 Å². The minimum absolute atomic E-state index is 0.373. The average Bonchev–Trinajstić information content (AvgIpc) is 2.85. The molecule has 1 saturated heterocycles. The predicted molar refractivity (Wildman–Crippen MR) is 50.5 cm³/mol. The summed E-state index contributed by atoms with van der Waals surface area (Å²) < 4.78 is 0. The van der Waals surface area contributed by atoms with Crippen molar-refractivity contribution < 1.29 is 4.79 Å². The third kappa shape index (κ3) is 0.671. The fourth-order valence-corrected chi connectivity index (χ4v) is 2.77. The second-order valence-electron chi connectivity index (χ2n) is 4.23. The van der Waals surface area contributed by atoms with Gasteiger partial charge in [0.05, 0.1) is 29.8 Å². The second-order valence-corrected chi connectivity index (χ2v) is 4.23. The Kier molecular flexibility index (Phi) is 1.64. The standard InChI is InChI=1S/C10H9N5O/c1-2-10(14)6-8(3-11,4-12)9(6,5-13)7(16)15-10/h6H,2,14H2,1H3,(H,15,16)/t6-,9+,10-/m0/s1. The number of piperidine rings is 1. The topological polar surface area (TPSA) is 126 Å². The Balaban J connectivity index is 2.63. The Morgan fingerprint density at radius 1 is 1.38 bits per heavy atom. The van der Waals surface area contributed by atoms with E-state index in [1.54, 1.807) is 19.1 Å². The summed E-state index contributed by atoms with van der Waals surface area (Å²) in [6.07, 6.45) is 0.373. The van der Waals surface area contributed by atoms with Crippen molar-refractivity contribution in [3.8, 4) is 18.2 Å². The predicted octanol–water partition coefficient (Wildman–Crippen LogP) is -0.645. The average molecular weight is 215 g/mol. The number of nitrogens with two attached hydrogens (primary N) is 1. The molecule has 16 heavy (non-hydrogen) atoms. The maximum atomic E-state index is 11.8. The summed E-state index contributed by atoms with van der Waals surface area (Å²) in [5, 5.41) is 29.7. The third-order valence-corrected chi connectivity index (χ3v) is 3.74. The van der Waals surface area contributed by atoms with Crippen LogP contribution in [0.2, 0.25) is 0 Å². The van der Waals surface area contributed by atoms with Crippen LogP contribution in [0, 0.1) is 50.7 Å². The Hall–Kier alpha value is -2.10. The molecule has 2 aliphatic rings. The van der Waals surface area contributed by atoms with Crippen LogP contribution < -0.4 is 11.1 Å². The molecule has 0 radical (unpaired) electrons. The molecule has 3 N–H and O–H groups in total. The van der Waals surface area contributed by atoms with Gasteiger partial charge in [-0.15, -0.1) is 0 Å². The zero-order valence-corrected chi connectivity index (χ0v) is 8.61. The second kappa shape index (κ2) is 2.52. The van der Waals surface area contributed by atoms with Gasteiger partial charge in [0.25, 0.3) is 0 Å². The zero-order chi connectivity index (χ0) is 12.2. The highest BCUT2D eigenvalue weighted by atomic mass is 16.2. The number of rotatable bonds is 1. The number of nitrogens with zero attached hydrogens (tertiary/aromatic N) is 3. The molecule has 0 unspecified atom stereocenters. The highest BCUT2D eigenvalue weighted by Gasteiger charge is 2.92. The zero-order valence-electron chi connectivity index (χ0n) is 8.61. The van der Waals surface area contributed by atoms with E-state index in [0.29, 0.717) is 6.42 Å². The van der Waals surface area contributed by atoms with E-state index < -0.39 is 28.3 Å². The van der Waals surface area contributed by atoms with Crippen LogP contribution in [0.4, 0.5) is 0 Å². The van der Waals surface area contributed by atoms with Crippen LogP contribution in [0.15, 0.2) is 0 Å². The van der Waals surface area contributed by atoms with Gasteiger partial charge < -0.3 is 11.1 Å². The molecule has 2 rings (SSSR count). The monoisotopic (exact) mass is 215 g/mol. The first-order valence-corrected chi connectivity index (χ1v) is 4.84. The number of nitrogens with one attached hydrogen (secondary N) is 1. The largest absolute Gasteiger partial charge is 0.336 e. The third-order valence-electron chi connectivity index (χ3n) is 3.74. The van der Waals surface area contributed by atoms with Gasteiger partial charge >= 0.3 is 0 Å². The SMILES string of the molecule is CC[C@]1(N)NC(=O)[C@@]2(C#N)[C@@H]1C2(C#N)C#N. The Bertz CT molecular complexity index is 493. The number of carbonyl (C=O) groups excluding carboxylic acids is 1. The summed E-state index contributed by atoms with van der Waals surface area (Å²) in [5.74, 6) is -1.35. The summed E-state index contributed by atoms with van der Waals surface area (Å²) in [5.41, 5.74) is 1.64. The minimum atomic E-state index is -1.59. The van der Waals surface area contributed by atoms with E-state index in [0.717, 1.165) is 0 Å². The fourth-order valence-electron chi connectivity index (χ4n) is 2.77. The molecule has 2 fully saturated rings. The summed E-state index contributed by atoms with van der Waals surface area (Å²) in [7, 11) is 0. The lowest BCUT2D eigenvalue weighted by Crippen LogP contribution is -2.55. The molecular weight excluding hydrogens is 206 g/mol. The van der Waals surface area contributed by atoms with Gasteiger partial charge in [-0.05, 0) is 6.42 Å². The van der Waals surface area contributed by atoms with Crippen molar-refractivity contribution in [1.82, 2.24) is 5.32 Å². The number of fused-ring (bicyclic) bond motifs is 1. The first-order chi connectivity index (χ1) is 7.49. The van der Waals surface area contributed by atoms with Crippen molar-refractivity contribution >= 4 is 5.91 Å². The maximum Gasteiger partial charge on any atom is 0.245 e. The van der Waals surface area contributed by atoms with Crippen LogP contribution in [0.25, 0.3) is 0 Å². The molecule has 0 spiro atoms. The number of carbonyl (C=O) groups is 1. The molecule has 1 heterocycles. The first-order valence-electron chi connectivity index (χ1n) is 4.84. The van der Waals surface area contributed by atoms with E-state index in [1.165, 1.54) is 0 Å². The highest BCUT2D eigenvalue weighted by molar-refractivity contribution is 5.97. The van der Waals surface area contributed by atoms with Gasteiger partial charge in [-0.25, -0.2) is 0 Å². The van der Waals surface area contributed by atoms with E-state index in [-0.39, 0.29) is 0 Å². The molecule has 80 valence electrons. The molecule has 3 atom stereocenters. The number of hydrogen-bond acceptors (Lipinski definition) is 5. The minimum Gasteiger partial charge on any atom is -0.336 e. The molecule has 6 heteroatoms. The van der Waals surface area contributed by atoms with Gasteiger partial charge in [-0.2, -0.15) is 15.8 Å². The number of nitriles is 3. The molecular formula is C10H9N5O. The summed E-state index contributed by atoms with van der Waals surface area (Å²) >= 11 is 0. The number of amides is 1. The van der Waals surface area contributed by atoms with Crippen LogP contribution in [-0.4, -0.2) is 11.6 Å². The maximum absolute atomic E-state index is 11.8. The van der Waals surface area contributed by atoms with Gasteiger partial charge in [0, 0.05) is 0 Å².